The van der Waals surface area contributed by atoms with E-state index in [9.17, 15) is 52.7 Å². The molecule has 0 aromatic heterocycles. The van der Waals surface area contributed by atoms with Crippen LogP contribution in [-0.2, 0) is 0 Å². The maximum atomic E-state index is 12.2. The van der Waals surface area contributed by atoms with Gasteiger partial charge in [-0.25, -0.2) is 0 Å². The fourth-order valence-electron chi connectivity index (χ4n) is 0.696. The van der Waals surface area contributed by atoms with E-state index in [2.05, 4.69) is 0 Å². The van der Waals surface area contributed by atoms with Crippen molar-refractivity contribution in [2.75, 3.05) is 0 Å². The quantitative estimate of drug-likeness (QED) is 0.217. The van der Waals surface area contributed by atoms with Crippen LogP contribution >= 0.6 is 63.5 Å². The van der Waals surface area contributed by atoms with E-state index in [0.29, 0.717) is 0 Å². The van der Waals surface area contributed by atoms with Crippen LogP contribution in [0, 0.1) is 0 Å². The van der Waals surface area contributed by atoms with Gasteiger partial charge in [0.25, 0.3) is 0 Å². The van der Waals surface area contributed by atoms with Gasteiger partial charge < -0.3 is 0 Å². The van der Waals surface area contributed by atoms with Gasteiger partial charge in [-0.05, 0) is 0 Å². The van der Waals surface area contributed by atoms with Crippen LogP contribution in [0.3, 0.4) is 0 Å². The summed E-state index contributed by atoms with van der Waals surface area (Å²) in [6.07, 6.45) is 0. The highest BCUT2D eigenvalue weighted by Gasteiger charge is 2.51. The molecular formula is C4BBrF12N2S4. The second-order valence-corrected chi connectivity index (χ2v) is 8.47. The predicted octanol–water partition coefficient (Wildman–Crippen LogP) is 6.64. The molecule has 0 aliphatic heterocycles. The lowest BCUT2D eigenvalue weighted by Crippen LogP contribution is -2.40. The number of hydrogen-bond donors (Lipinski definition) is 0. The van der Waals surface area contributed by atoms with Crippen molar-refractivity contribution in [1.29, 1.82) is 0 Å². The molecule has 0 N–H and O–H groups in total. The minimum Gasteiger partial charge on any atom is -0.190 e. The van der Waals surface area contributed by atoms with Gasteiger partial charge in [-0.2, -0.15) is 59.9 Å². The van der Waals surface area contributed by atoms with Crippen LogP contribution in [0.5, 0.6) is 0 Å². The molecule has 24 heavy (non-hydrogen) atoms. The average Bonchev–Trinajstić information content (AvgIpc) is 2.17. The number of hydrogen-bond acceptors (Lipinski definition) is 6. The standard InChI is InChI=1S/C4BBrF12N2S4/c6-5(19(21-1(7,8)9)22-2(10,11)12)20(23-3(13,14)15)24-4(16,17)18. The minimum atomic E-state index is -5.40. The molecule has 0 radical (unpaired) electrons. The molecule has 0 heterocycles. The largest absolute Gasteiger partial charge is 0.456 e. The summed E-state index contributed by atoms with van der Waals surface area (Å²) in [6, 6.07) is 0. The summed E-state index contributed by atoms with van der Waals surface area (Å²) in [7, 11) is 0. The number of alkyl halides is 12. The molecule has 0 atom stereocenters. The van der Waals surface area contributed by atoms with Crippen LogP contribution in [0.4, 0.5) is 52.7 Å². The van der Waals surface area contributed by atoms with Gasteiger partial charge >= 0.3 is 27.8 Å². The van der Waals surface area contributed by atoms with Crippen LogP contribution < -0.4 is 0 Å². The van der Waals surface area contributed by atoms with Crippen LogP contribution in [0.1, 0.15) is 0 Å². The van der Waals surface area contributed by atoms with Crippen molar-refractivity contribution in [2.45, 2.75) is 22.0 Å². The maximum Gasteiger partial charge on any atom is 0.456 e. The first-order chi connectivity index (χ1) is 10.3. The highest BCUT2D eigenvalue weighted by Crippen LogP contribution is 2.51. The summed E-state index contributed by atoms with van der Waals surface area (Å²) < 4.78 is 145. The van der Waals surface area contributed by atoms with Crippen LogP contribution in [0.2, 0.25) is 0 Å². The van der Waals surface area contributed by atoms with Crippen LogP contribution in [0.15, 0.2) is 0 Å². The van der Waals surface area contributed by atoms with E-state index in [1.165, 1.54) is 0 Å². The molecule has 144 valence electrons. The zero-order chi connectivity index (χ0) is 19.6. The summed E-state index contributed by atoms with van der Waals surface area (Å²) in [5.41, 5.74) is -21.6. The monoisotopic (exact) mass is 522 g/mol. The molecule has 0 saturated carbocycles. The fourth-order valence-corrected chi connectivity index (χ4v) is 4.79. The zero-order valence-electron chi connectivity index (χ0n) is 10.0. The lowest BCUT2D eigenvalue weighted by Gasteiger charge is -2.31. The molecule has 0 rings (SSSR count). The van der Waals surface area contributed by atoms with Gasteiger partial charge in [-0.3, -0.25) is 0 Å². The molecule has 0 saturated heterocycles. The Labute approximate surface area is 151 Å². The second-order valence-electron chi connectivity index (χ2n) is 3.03. The molecule has 0 amide bonds. The zero-order valence-corrected chi connectivity index (χ0v) is 14.9. The Bertz CT molecular complexity index is 328. The summed E-state index contributed by atoms with van der Waals surface area (Å²) in [5.74, 6) is -2.76. The van der Waals surface area contributed by atoms with E-state index in [1.54, 1.807) is 0 Å². The number of halogens is 13. The lowest BCUT2D eigenvalue weighted by molar-refractivity contribution is -0.0377. The van der Waals surface area contributed by atoms with E-state index in [1.807, 2.05) is 15.8 Å². The molecule has 0 aliphatic rings. The van der Waals surface area contributed by atoms with Crippen molar-refractivity contribution in [2.24, 2.45) is 0 Å². The van der Waals surface area contributed by atoms with Crippen molar-refractivity contribution >= 4 is 69.4 Å². The molecule has 0 unspecified atom stereocenters. The summed E-state index contributed by atoms with van der Waals surface area (Å²) in [4.78, 5) is 0. The Morgan fingerprint density at radius 2 is 0.667 bits per heavy atom. The van der Waals surface area contributed by atoms with Gasteiger partial charge in [0.05, 0.1) is 0 Å². The van der Waals surface area contributed by atoms with Crippen molar-refractivity contribution in [3.8, 4) is 0 Å². The molecule has 0 fully saturated rings. The molecule has 0 aromatic carbocycles. The third-order valence-corrected chi connectivity index (χ3v) is 6.27. The van der Waals surface area contributed by atoms with Gasteiger partial charge in [0.2, 0.25) is 0 Å². The second kappa shape index (κ2) is 8.81. The van der Waals surface area contributed by atoms with Gasteiger partial charge in [-0.15, -0.1) is 15.8 Å². The Balaban J connectivity index is 5.48. The molecule has 20 heteroatoms. The van der Waals surface area contributed by atoms with Crippen LogP contribution in [-0.4, -0.2) is 35.1 Å². The van der Waals surface area contributed by atoms with Gasteiger partial charge in [-0.1, -0.05) is 0 Å². The van der Waals surface area contributed by atoms with Crippen LogP contribution in [0.25, 0.3) is 0 Å². The molecular weight excluding hydrogens is 523 g/mol. The van der Waals surface area contributed by atoms with E-state index in [0.717, 1.165) is 0 Å². The molecule has 0 bridgehead atoms. The van der Waals surface area contributed by atoms with Crippen molar-refractivity contribution < 1.29 is 52.7 Å². The van der Waals surface area contributed by atoms with Gasteiger partial charge in [0.1, 0.15) is 0 Å². The van der Waals surface area contributed by atoms with E-state index >= 15 is 0 Å². The highest BCUT2D eigenvalue weighted by atomic mass is 79.9. The third-order valence-electron chi connectivity index (χ3n) is 1.12. The summed E-state index contributed by atoms with van der Waals surface area (Å²) in [5, 5.41) is 0. The maximum absolute atomic E-state index is 12.2. The Kier molecular flexibility index (Phi) is 9.19. The van der Waals surface area contributed by atoms with Gasteiger partial charge in [0, 0.05) is 47.8 Å². The third kappa shape index (κ3) is 13.3. The summed E-state index contributed by atoms with van der Waals surface area (Å²) >= 11 is -4.24. The minimum absolute atomic E-state index is 0.836. The Morgan fingerprint density at radius 1 is 0.500 bits per heavy atom. The molecule has 0 aromatic rings. The topological polar surface area (TPSA) is 6.48 Å². The number of nitrogens with zero attached hydrogens (tertiary/aromatic N) is 2. The predicted molar refractivity (Wildman–Crippen MR) is 72.9 cm³/mol. The first-order valence-corrected chi connectivity index (χ1v) is 8.56. The lowest BCUT2D eigenvalue weighted by atomic mass is 10.3. The summed E-state index contributed by atoms with van der Waals surface area (Å²) in [6.45, 7) is 0. The van der Waals surface area contributed by atoms with Crippen molar-refractivity contribution in [1.82, 2.24) is 7.24 Å². The van der Waals surface area contributed by atoms with Crippen molar-refractivity contribution in [3.05, 3.63) is 0 Å². The van der Waals surface area contributed by atoms with E-state index in [4.69, 9.17) is 0 Å². The Hall–Kier alpha value is 1.02. The smallest absolute Gasteiger partial charge is 0.190 e. The van der Waals surface area contributed by atoms with E-state index < -0.39 is 82.9 Å². The van der Waals surface area contributed by atoms with E-state index in [-0.39, 0.29) is 0 Å². The normalized spacial score (nSPS) is 14.6. The van der Waals surface area contributed by atoms with Gasteiger partial charge in [0.15, 0.2) is 0 Å². The fraction of sp³-hybridized carbons (Fsp3) is 1.00. The average molecular weight is 523 g/mol. The Morgan fingerprint density at radius 3 is 0.792 bits per heavy atom. The first-order valence-electron chi connectivity index (χ1n) is 4.55. The van der Waals surface area contributed by atoms with Crippen molar-refractivity contribution in [3.63, 3.8) is 0 Å². The highest BCUT2D eigenvalue weighted by molar-refractivity contribution is 9.24. The molecule has 0 aliphatic carbocycles. The SMILES string of the molecule is FC(F)(F)SN(SC(F)(F)F)B(Br)N(SC(F)(F)F)SC(F)(F)F. The molecule has 2 nitrogen and oxygen atoms in total. The number of rotatable bonds is 6. The molecule has 0 spiro atoms. The first kappa shape index (κ1) is 25.0.